The number of hydrogen-bond acceptors (Lipinski definition) is 4. The van der Waals surface area contributed by atoms with Gasteiger partial charge in [-0.2, -0.15) is 5.10 Å². The van der Waals surface area contributed by atoms with E-state index < -0.39 is 0 Å². The van der Waals surface area contributed by atoms with E-state index in [2.05, 4.69) is 10.1 Å². The number of benzene rings is 1. The Morgan fingerprint density at radius 3 is 2.56 bits per heavy atom. The molecule has 2 aromatic heterocycles. The minimum absolute atomic E-state index is 0.0244. The van der Waals surface area contributed by atoms with E-state index in [0.29, 0.717) is 37.2 Å². The van der Waals surface area contributed by atoms with Crippen molar-refractivity contribution in [2.45, 2.75) is 25.5 Å². The van der Waals surface area contributed by atoms with Crippen molar-refractivity contribution in [1.29, 1.82) is 0 Å². The fourth-order valence-electron chi connectivity index (χ4n) is 4.62. The molecule has 2 fully saturated rings. The second-order valence-corrected chi connectivity index (χ2v) is 7.72. The third kappa shape index (κ3) is 2.90. The minimum Gasteiger partial charge on any atom is -0.393 e. The van der Waals surface area contributed by atoms with Gasteiger partial charge in [-0.15, -0.1) is 0 Å². The molecule has 3 heterocycles. The average Bonchev–Trinajstić information content (AvgIpc) is 3.34. The van der Waals surface area contributed by atoms with Crippen molar-refractivity contribution in [3.8, 4) is 0 Å². The standard InChI is InChI=1S/C21H22N4O2/c26-17-9-15-12-24(13-16(15)10-17)21(27)19-18-7-4-8-22-20(18)25(23-19)11-14-5-2-1-3-6-14/h1-8,15-17,26H,9-13H2/t15-,16+,17?. The Kier molecular flexibility index (Phi) is 3.93. The number of carbonyl (C=O) groups excluding carboxylic acids is 1. The van der Waals surface area contributed by atoms with Crippen molar-refractivity contribution >= 4 is 16.9 Å². The van der Waals surface area contributed by atoms with Gasteiger partial charge in [-0.3, -0.25) is 4.79 Å². The maximum Gasteiger partial charge on any atom is 0.275 e. The number of likely N-dealkylation sites (tertiary alicyclic amines) is 1. The molecule has 0 radical (unpaired) electrons. The predicted molar refractivity (Wildman–Crippen MR) is 101 cm³/mol. The van der Waals surface area contributed by atoms with E-state index in [9.17, 15) is 9.90 Å². The lowest BCUT2D eigenvalue weighted by molar-refractivity contribution is 0.0760. The fraction of sp³-hybridized carbons (Fsp3) is 0.381. The summed E-state index contributed by atoms with van der Waals surface area (Å²) >= 11 is 0. The molecule has 6 heteroatoms. The van der Waals surface area contributed by atoms with Crippen molar-refractivity contribution in [2.24, 2.45) is 11.8 Å². The number of aliphatic hydroxyl groups is 1. The van der Waals surface area contributed by atoms with Crippen molar-refractivity contribution in [3.05, 3.63) is 59.9 Å². The monoisotopic (exact) mass is 362 g/mol. The molecule has 0 spiro atoms. The van der Waals surface area contributed by atoms with Crippen LogP contribution in [-0.2, 0) is 6.54 Å². The Morgan fingerprint density at radius 1 is 1.07 bits per heavy atom. The van der Waals surface area contributed by atoms with E-state index in [0.717, 1.165) is 29.4 Å². The second kappa shape index (κ2) is 6.46. The van der Waals surface area contributed by atoms with E-state index in [-0.39, 0.29) is 12.0 Å². The number of aromatic nitrogens is 3. The topological polar surface area (TPSA) is 71.2 Å². The lowest BCUT2D eigenvalue weighted by Gasteiger charge is -2.17. The summed E-state index contributed by atoms with van der Waals surface area (Å²) in [4.78, 5) is 19.6. The molecule has 2 aliphatic rings. The molecule has 138 valence electrons. The van der Waals surface area contributed by atoms with Crippen LogP contribution in [0.5, 0.6) is 0 Å². The molecular weight excluding hydrogens is 340 g/mol. The van der Waals surface area contributed by atoms with Crippen molar-refractivity contribution in [2.75, 3.05) is 13.1 Å². The lowest BCUT2D eigenvalue weighted by Crippen LogP contribution is -2.30. The van der Waals surface area contributed by atoms with E-state index >= 15 is 0 Å². The molecule has 3 atom stereocenters. The molecular formula is C21H22N4O2. The van der Waals surface area contributed by atoms with Gasteiger partial charge in [0, 0.05) is 19.3 Å². The summed E-state index contributed by atoms with van der Waals surface area (Å²) in [5, 5.41) is 15.3. The summed E-state index contributed by atoms with van der Waals surface area (Å²) in [5.74, 6) is 0.809. The third-order valence-corrected chi connectivity index (χ3v) is 5.90. The number of aliphatic hydroxyl groups excluding tert-OH is 1. The highest BCUT2D eigenvalue weighted by Crippen LogP contribution is 2.38. The molecule has 1 aromatic carbocycles. The van der Waals surface area contributed by atoms with Gasteiger partial charge < -0.3 is 10.0 Å². The zero-order valence-corrected chi connectivity index (χ0v) is 15.0. The molecule has 1 aliphatic heterocycles. The van der Waals surface area contributed by atoms with Crippen LogP contribution in [0.1, 0.15) is 28.9 Å². The fourth-order valence-corrected chi connectivity index (χ4v) is 4.62. The average molecular weight is 362 g/mol. The Bertz CT molecular complexity index is 970. The van der Waals surface area contributed by atoms with Crippen LogP contribution in [0.3, 0.4) is 0 Å². The van der Waals surface area contributed by atoms with Gasteiger partial charge >= 0.3 is 0 Å². The molecule has 1 unspecified atom stereocenters. The van der Waals surface area contributed by atoms with E-state index in [1.165, 1.54) is 0 Å². The van der Waals surface area contributed by atoms with Crippen LogP contribution in [0, 0.1) is 11.8 Å². The smallest absolute Gasteiger partial charge is 0.275 e. The molecule has 5 rings (SSSR count). The molecule has 1 saturated heterocycles. The molecule has 1 N–H and O–H groups in total. The molecule has 1 amide bonds. The maximum atomic E-state index is 13.2. The zero-order chi connectivity index (χ0) is 18.4. The second-order valence-electron chi connectivity index (χ2n) is 7.72. The van der Waals surface area contributed by atoms with E-state index in [1.807, 2.05) is 52.0 Å². The Hall–Kier alpha value is -2.73. The molecule has 6 nitrogen and oxygen atoms in total. The van der Waals surface area contributed by atoms with Gasteiger partial charge in [-0.05, 0) is 42.4 Å². The van der Waals surface area contributed by atoms with Gasteiger partial charge in [0.05, 0.1) is 18.0 Å². The van der Waals surface area contributed by atoms with Crippen molar-refractivity contribution in [1.82, 2.24) is 19.7 Å². The zero-order valence-electron chi connectivity index (χ0n) is 15.0. The Morgan fingerprint density at radius 2 is 1.81 bits per heavy atom. The Balaban J connectivity index is 1.46. The molecule has 27 heavy (non-hydrogen) atoms. The normalized spacial score (nSPS) is 24.5. The van der Waals surface area contributed by atoms with Crippen LogP contribution in [0.4, 0.5) is 0 Å². The summed E-state index contributed by atoms with van der Waals surface area (Å²) in [6.07, 6.45) is 3.15. The summed E-state index contributed by atoms with van der Waals surface area (Å²) < 4.78 is 1.82. The number of fused-ring (bicyclic) bond motifs is 2. The van der Waals surface area contributed by atoms with Gasteiger partial charge in [-0.1, -0.05) is 30.3 Å². The lowest BCUT2D eigenvalue weighted by atomic mass is 10.0. The maximum absolute atomic E-state index is 13.2. The molecule has 3 aromatic rings. The first kappa shape index (κ1) is 16.4. The first-order valence-electron chi connectivity index (χ1n) is 9.52. The van der Waals surface area contributed by atoms with Crippen LogP contribution < -0.4 is 0 Å². The van der Waals surface area contributed by atoms with Gasteiger partial charge in [0.25, 0.3) is 5.91 Å². The quantitative estimate of drug-likeness (QED) is 0.776. The number of nitrogens with zero attached hydrogens (tertiary/aromatic N) is 4. The minimum atomic E-state index is -0.202. The van der Waals surface area contributed by atoms with Crippen LogP contribution in [-0.4, -0.2) is 49.9 Å². The SMILES string of the molecule is O=C(c1nn(Cc2ccccc2)c2ncccc12)N1C[C@H]2CC(O)C[C@H]2C1. The van der Waals surface area contributed by atoms with Gasteiger partial charge in [0.2, 0.25) is 0 Å². The van der Waals surface area contributed by atoms with Crippen LogP contribution in [0.15, 0.2) is 48.7 Å². The third-order valence-electron chi connectivity index (χ3n) is 5.90. The summed E-state index contributed by atoms with van der Waals surface area (Å²) in [5.41, 5.74) is 2.34. The van der Waals surface area contributed by atoms with Crippen LogP contribution >= 0.6 is 0 Å². The van der Waals surface area contributed by atoms with Gasteiger partial charge in [-0.25, -0.2) is 9.67 Å². The summed E-state index contributed by atoms with van der Waals surface area (Å²) in [7, 11) is 0. The first-order valence-corrected chi connectivity index (χ1v) is 9.52. The highest BCUT2D eigenvalue weighted by Gasteiger charge is 2.42. The van der Waals surface area contributed by atoms with Crippen LogP contribution in [0.25, 0.3) is 11.0 Å². The number of pyridine rings is 1. The largest absolute Gasteiger partial charge is 0.393 e. The summed E-state index contributed by atoms with van der Waals surface area (Å²) in [6.45, 7) is 2.01. The number of hydrogen-bond donors (Lipinski definition) is 1. The molecule has 1 aliphatic carbocycles. The van der Waals surface area contributed by atoms with E-state index in [4.69, 9.17) is 0 Å². The van der Waals surface area contributed by atoms with Crippen molar-refractivity contribution < 1.29 is 9.90 Å². The van der Waals surface area contributed by atoms with Gasteiger partial charge in [0.1, 0.15) is 0 Å². The number of carbonyl (C=O) groups is 1. The highest BCUT2D eigenvalue weighted by molar-refractivity contribution is 6.04. The molecule has 0 bridgehead atoms. The van der Waals surface area contributed by atoms with Crippen molar-refractivity contribution in [3.63, 3.8) is 0 Å². The molecule has 1 saturated carbocycles. The summed E-state index contributed by atoms with van der Waals surface area (Å²) in [6, 6.07) is 13.8. The van der Waals surface area contributed by atoms with Crippen LogP contribution in [0.2, 0.25) is 0 Å². The highest BCUT2D eigenvalue weighted by atomic mass is 16.3. The predicted octanol–water partition coefficient (Wildman–Crippen LogP) is 2.32. The van der Waals surface area contributed by atoms with E-state index in [1.54, 1.807) is 6.20 Å². The Labute approximate surface area is 157 Å². The number of rotatable bonds is 3. The van der Waals surface area contributed by atoms with Gasteiger partial charge in [0.15, 0.2) is 11.3 Å². The number of amides is 1. The first-order chi connectivity index (χ1) is 13.2.